The van der Waals surface area contributed by atoms with Gasteiger partial charge in [-0.25, -0.2) is 9.97 Å². The molecule has 2 heterocycles. The van der Waals surface area contributed by atoms with E-state index in [0.717, 1.165) is 0 Å². The van der Waals surface area contributed by atoms with Gasteiger partial charge in [0.15, 0.2) is 11.5 Å². The van der Waals surface area contributed by atoms with E-state index in [1.54, 1.807) is 4.90 Å². The van der Waals surface area contributed by atoms with Crippen molar-refractivity contribution in [3.05, 3.63) is 54.0 Å². The van der Waals surface area contributed by atoms with Gasteiger partial charge in [0.25, 0.3) is 5.91 Å². The number of aromatic nitrogens is 2. The molecule has 0 unspecified atom stereocenters. The third kappa shape index (κ3) is 2.65. The number of hydrogen-bond donors (Lipinski definition) is 2. The second kappa shape index (κ2) is 6.11. The van der Waals surface area contributed by atoms with Crippen LogP contribution in [0.4, 0.5) is 5.82 Å². The zero-order valence-corrected chi connectivity index (χ0v) is 12.2. The van der Waals surface area contributed by atoms with E-state index in [1.165, 1.54) is 18.0 Å². The van der Waals surface area contributed by atoms with E-state index in [-0.39, 0.29) is 29.3 Å². The van der Waals surface area contributed by atoms with Crippen molar-refractivity contribution >= 4 is 11.7 Å². The molecule has 0 aliphatic carbocycles. The second-order valence-corrected chi connectivity index (χ2v) is 5.51. The number of rotatable bonds is 3. The molecule has 0 spiro atoms. The third-order valence-electron chi connectivity index (χ3n) is 4.19. The lowest BCUT2D eigenvalue weighted by Crippen LogP contribution is -2.31. The number of amides is 1. The number of benzene rings is 1. The Morgan fingerprint density at radius 1 is 1.18 bits per heavy atom. The summed E-state index contributed by atoms with van der Waals surface area (Å²) >= 11 is 0. The summed E-state index contributed by atoms with van der Waals surface area (Å²) in [5, 5.41) is 0. The minimum absolute atomic E-state index is 0.167. The maximum Gasteiger partial charge on any atom is 0.276 e. The summed E-state index contributed by atoms with van der Waals surface area (Å²) in [5.74, 6) is 0.472. The van der Waals surface area contributed by atoms with Crippen LogP contribution >= 0.6 is 0 Å². The first-order chi connectivity index (χ1) is 10.7. The lowest BCUT2D eigenvalue weighted by Gasteiger charge is -2.16. The van der Waals surface area contributed by atoms with Crippen molar-refractivity contribution < 1.29 is 4.79 Å². The van der Waals surface area contributed by atoms with Crippen molar-refractivity contribution in [2.45, 2.75) is 5.92 Å². The van der Waals surface area contributed by atoms with E-state index in [2.05, 4.69) is 22.1 Å². The zero-order chi connectivity index (χ0) is 15.5. The quantitative estimate of drug-likeness (QED) is 0.876. The summed E-state index contributed by atoms with van der Waals surface area (Å²) < 4.78 is 0. The van der Waals surface area contributed by atoms with Gasteiger partial charge in [0.05, 0.1) is 0 Å². The first-order valence-electron chi connectivity index (χ1n) is 7.31. The second-order valence-electron chi connectivity index (χ2n) is 5.51. The molecule has 0 saturated carbocycles. The molecule has 1 aromatic heterocycles. The van der Waals surface area contributed by atoms with Gasteiger partial charge in [-0.2, -0.15) is 0 Å². The van der Waals surface area contributed by atoms with Crippen LogP contribution < -0.4 is 11.5 Å². The lowest BCUT2D eigenvalue weighted by molar-refractivity contribution is 0.0781. The minimum atomic E-state index is -0.178. The molecular formula is C16H19N5O. The number of nitrogens with two attached hydrogens (primary N) is 2. The fourth-order valence-corrected chi connectivity index (χ4v) is 3.02. The summed E-state index contributed by atoms with van der Waals surface area (Å²) in [6.45, 7) is 1.78. The van der Waals surface area contributed by atoms with Crippen LogP contribution in [-0.2, 0) is 0 Å². The monoisotopic (exact) mass is 297 g/mol. The van der Waals surface area contributed by atoms with Crippen molar-refractivity contribution in [2.75, 3.05) is 25.4 Å². The normalized spacial score (nSPS) is 21.0. The Morgan fingerprint density at radius 2 is 1.91 bits per heavy atom. The number of hydrogen-bond acceptors (Lipinski definition) is 5. The molecule has 1 aromatic carbocycles. The first-order valence-corrected chi connectivity index (χ1v) is 7.31. The van der Waals surface area contributed by atoms with Crippen LogP contribution in [0.1, 0.15) is 22.0 Å². The topological polar surface area (TPSA) is 98.1 Å². The summed E-state index contributed by atoms with van der Waals surface area (Å²) in [7, 11) is 0. The summed E-state index contributed by atoms with van der Waals surface area (Å²) in [4.78, 5) is 22.4. The van der Waals surface area contributed by atoms with Crippen molar-refractivity contribution in [3.63, 3.8) is 0 Å². The van der Waals surface area contributed by atoms with Gasteiger partial charge in [0, 0.05) is 31.4 Å². The van der Waals surface area contributed by atoms with Crippen LogP contribution in [0.15, 0.2) is 42.7 Å². The van der Waals surface area contributed by atoms with Crippen LogP contribution in [-0.4, -0.2) is 40.4 Å². The van der Waals surface area contributed by atoms with Gasteiger partial charge in [-0.15, -0.1) is 0 Å². The van der Waals surface area contributed by atoms with E-state index in [4.69, 9.17) is 11.5 Å². The molecule has 6 nitrogen and oxygen atoms in total. The average molecular weight is 297 g/mol. The smallest absolute Gasteiger partial charge is 0.276 e. The van der Waals surface area contributed by atoms with Gasteiger partial charge in [-0.05, 0) is 18.0 Å². The Morgan fingerprint density at radius 3 is 2.59 bits per heavy atom. The molecule has 1 saturated heterocycles. The van der Waals surface area contributed by atoms with Crippen molar-refractivity contribution in [1.82, 2.24) is 14.9 Å². The number of nitrogens with zero attached hydrogens (tertiary/aromatic N) is 3. The Labute approximate surface area is 129 Å². The van der Waals surface area contributed by atoms with Gasteiger partial charge < -0.3 is 16.4 Å². The molecule has 6 heteroatoms. The molecule has 0 bridgehead atoms. The Balaban J connectivity index is 1.83. The highest BCUT2D eigenvalue weighted by molar-refractivity contribution is 5.96. The standard InChI is InChI=1S/C16H19N5O/c17-8-12-9-21(10-13(12)11-4-2-1-3-5-11)16(22)14-15(18)20-7-6-19-14/h1-7,12-13H,8-10,17H2,(H2,18,20)/t12-,13+/m1/s1. The minimum Gasteiger partial charge on any atom is -0.382 e. The highest BCUT2D eigenvalue weighted by Gasteiger charge is 2.36. The number of likely N-dealkylation sites (tertiary alicyclic amines) is 1. The highest BCUT2D eigenvalue weighted by Crippen LogP contribution is 2.32. The fourth-order valence-electron chi connectivity index (χ4n) is 3.02. The molecule has 1 fully saturated rings. The van der Waals surface area contributed by atoms with Crippen molar-refractivity contribution in [3.8, 4) is 0 Å². The number of anilines is 1. The van der Waals surface area contributed by atoms with Crippen LogP contribution in [0, 0.1) is 5.92 Å². The van der Waals surface area contributed by atoms with E-state index in [9.17, 15) is 4.79 Å². The first kappa shape index (κ1) is 14.5. The molecule has 2 aromatic rings. The van der Waals surface area contributed by atoms with Gasteiger partial charge in [0.1, 0.15) is 0 Å². The molecule has 0 radical (unpaired) electrons. The maximum absolute atomic E-state index is 12.6. The molecule has 1 aliphatic rings. The molecule has 114 valence electrons. The SMILES string of the molecule is NC[C@@H]1CN(C(=O)c2nccnc2N)C[C@H]1c1ccccc1. The van der Waals surface area contributed by atoms with E-state index >= 15 is 0 Å². The van der Waals surface area contributed by atoms with Crippen LogP contribution in [0.2, 0.25) is 0 Å². The van der Waals surface area contributed by atoms with Gasteiger partial charge >= 0.3 is 0 Å². The Kier molecular flexibility index (Phi) is 4.02. The van der Waals surface area contributed by atoms with E-state index in [0.29, 0.717) is 19.6 Å². The molecule has 3 rings (SSSR count). The van der Waals surface area contributed by atoms with Gasteiger partial charge in [-0.1, -0.05) is 30.3 Å². The lowest BCUT2D eigenvalue weighted by atomic mass is 9.89. The van der Waals surface area contributed by atoms with Gasteiger partial charge in [0.2, 0.25) is 0 Å². The number of carbonyl (C=O) groups excluding carboxylic acids is 1. The predicted octanol–water partition coefficient (Wildman–Crippen LogP) is 0.873. The highest BCUT2D eigenvalue weighted by atomic mass is 16.2. The van der Waals surface area contributed by atoms with Crippen LogP contribution in [0.5, 0.6) is 0 Å². The molecule has 22 heavy (non-hydrogen) atoms. The summed E-state index contributed by atoms with van der Waals surface area (Å²) in [6, 6.07) is 10.2. The van der Waals surface area contributed by atoms with Crippen LogP contribution in [0.3, 0.4) is 0 Å². The third-order valence-corrected chi connectivity index (χ3v) is 4.19. The predicted molar refractivity (Wildman–Crippen MR) is 84.1 cm³/mol. The Bertz CT molecular complexity index is 661. The van der Waals surface area contributed by atoms with Crippen molar-refractivity contribution in [1.29, 1.82) is 0 Å². The Hall–Kier alpha value is -2.47. The molecular weight excluding hydrogens is 278 g/mol. The fraction of sp³-hybridized carbons (Fsp3) is 0.312. The maximum atomic E-state index is 12.6. The van der Waals surface area contributed by atoms with Crippen LogP contribution in [0.25, 0.3) is 0 Å². The molecule has 2 atom stereocenters. The zero-order valence-electron chi connectivity index (χ0n) is 12.2. The molecule has 4 N–H and O–H groups in total. The summed E-state index contributed by atoms with van der Waals surface area (Å²) in [6.07, 6.45) is 2.96. The van der Waals surface area contributed by atoms with E-state index in [1.807, 2.05) is 18.2 Å². The molecule has 1 amide bonds. The largest absolute Gasteiger partial charge is 0.382 e. The number of carbonyl (C=O) groups is 1. The average Bonchev–Trinajstić information content (AvgIpc) is 3.00. The summed E-state index contributed by atoms with van der Waals surface area (Å²) in [5.41, 5.74) is 13.1. The van der Waals surface area contributed by atoms with Crippen molar-refractivity contribution in [2.24, 2.45) is 11.7 Å². The van der Waals surface area contributed by atoms with E-state index < -0.39 is 0 Å². The molecule has 1 aliphatic heterocycles. The van der Waals surface area contributed by atoms with Gasteiger partial charge in [-0.3, -0.25) is 4.79 Å². The number of nitrogen functional groups attached to an aromatic ring is 1.